The lowest BCUT2D eigenvalue weighted by atomic mass is 10.1. The Morgan fingerprint density at radius 2 is 2.41 bits per heavy atom. The molecule has 0 saturated carbocycles. The number of anilines is 1. The van der Waals surface area contributed by atoms with Gasteiger partial charge in [0, 0.05) is 24.0 Å². The van der Waals surface area contributed by atoms with Crippen molar-refractivity contribution < 1.29 is 13.9 Å². The fourth-order valence-corrected chi connectivity index (χ4v) is 3.19. The van der Waals surface area contributed by atoms with E-state index in [-0.39, 0.29) is 17.8 Å². The number of benzene rings is 1. The quantitative estimate of drug-likeness (QED) is 0.910. The van der Waals surface area contributed by atoms with Crippen molar-refractivity contribution in [3.63, 3.8) is 0 Å². The van der Waals surface area contributed by atoms with Crippen molar-refractivity contribution in [3.05, 3.63) is 35.5 Å². The van der Waals surface area contributed by atoms with Crippen LogP contribution in [0.1, 0.15) is 25.7 Å². The van der Waals surface area contributed by atoms with Gasteiger partial charge in [-0.25, -0.2) is 9.37 Å². The van der Waals surface area contributed by atoms with E-state index in [2.05, 4.69) is 10.3 Å². The first-order chi connectivity index (χ1) is 10.7. The van der Waals surface area contributed by atoms with E-state index in [1.54, 1.807) is 12.1 Å². The molecule has 1 N–H and O–H groups in total. The van der Waals surface area contributed by atoms with Gasteiger partial charge >= 0.3 is 0 Å². The van der Waals surface area contributed by atoms with E-state index in [0.29, 0.717) is 22.8 Å². The standard InChI is InChI=1S/C16H17FN2O2S/c17-12-4-1-3-11(9-12)14-10-22-16(18-14)19-15(20)7-6-13-5-2-8-21-13/h1,3-4,9-10,13H,2,5-8H2,(H,18,19,20)/t13-/m1/s1. The van der Waals surface area contributed by atoms with Crippen molar-refractivity contribution in [2.45, 2.75) is 31.8 Å². The van der Waals surface area contributed by atoms with Gasteiger partial charge in [0.1, 0.15) is 5.82 Å². The van der Waals surface area contributed by atoms with Crippen molar-refractivity contribution in [2.24, 2.45) is 0 Å². The van der Waals surface area contributed by atoms with Crippen LogP contribution in [0.3, 0.4) is 0 Å². The number of aromatic nitrogens is 1. The van der Waals surface area contributed by atoms with Crippen LogP contribution in [0.4, 0.5) is 9.52 Å². The molecule has 1 aromatic heterocycles. The third kappa shape index (κ3) is 3.90. The van der Waals surface area contributed by atoms with Gasteiger partial charge < -0.3 is 10.1 Å². The van der Waals surface area contributed by atoms with Gasteiger partial charge in [0.15, 0.2) is 5.13 Å². The summed E-state index contributed by atoms with van der Waals surface area (Å²) in [6.07, 6.45) is 3.50. The maximum Gasteiger partial charge on any atom is 0.226 e. The lowest BCUT2D eigenvalue weighted by Crippen LogP contribution is -2.15. The number of rotatable bonds is 5. The molecule has 2 aromatic rings. The number of thiazole rings is 1. The molecule has 1 aliphatic heterocycles. The number of nitrogens with zero attached hydrogens (tertiary/aromatic N) is 1. The second kappa shape index (κ2) is 6.98. The van der Waals surface area contributed by atoms with Gasteiger partial charge in [-0.05, 0) is 31.4 Å². The van der Waals surface area contributed by atoms with E-state index in [1.807, 2.05) is 5.38 Å². The highest BCUT2D eigenvalue weighted by atomic mass is 32.1. The van der Waals surface area contributed by atoms with Crippen LogP contribution in [-0.4, -0.2) is 23.6 Å². The van der Waals surface area contributed by atoms with E-state index in [0.717, 1.165) is 25.9 Å². The molecule has 0 bridgehead atoms. The fraction of sp³-hybridized carbons (Fsp3) is 0.375. The zero-order chi connectivity index (χ0) is 15.4. The number of halogens is 1. The number of nitrogens with one attached hydrogen (secondary N) is 1. The minimum Gasteiger partial charge on any atom is -0.378 e. The summed E-state index contributed by atoms with van der Waals surface area (Å²) in [4.78, 5) is 16.2. The number of hydrogen-bond donors (Lipinski definition) is 1. The van der Waals surface area contributed by atoms with Crippen LogP contribution in [0.25, 0.3) is 11.3 Å². The van der Waals surface area contributed by atoms with Crippen LogP contribution in [0, 0.1) is 5.82 Å². The molecule has 0 aliphatic carbocycles. The van der Waals surface area contributed by atoms with Crippen LogP contribution < -0.4 is 5.32 Å². The number of hydrogen-bond acceptors (Lipinski definition) is 4. The molecule has 4 nitrogen and oxygen atoms in total. The smallest absolute Gasteiger partial charge is 0.226 e. The molecule has 1 atom stereocenters. The Labute approximate surface area is 132 Å². The van der Waals surface area contributed by atoms with Crippen molar-refractivity contribution in [1.82, 2.24) is 4.98 Å². The molecule has 0 spiro atoms. The molecule has 1 aromatic carbocycles. The van der Waals surface area contributed by atoms with E-state index in [1.165, 1.54) is 23.5 Å². The molecular formula is C16H17FN2O2S. The minimum atomic E-state index is -0.298. The van der Waals surface area contributed by atoms with Gasteiger partial charge in [0.05, 0.1) is 11.8 Å². The van der Waals surface area contributed by atoms with Gasteiger partial charge in [-0.15, -0.1) is 11.3 Å². The maximum absolute atomic E-state index is 13.2. The number of ether oxygens (including phenoxy) is 1. The first-order valence-electron chi connectivity index (χ1n) is 7.33. The van der Waals surface area contributed by atoms with Gasteiger partial charge in [0.25, 0.3) is 0 Å². The highest BCUT2D eigenvalue weighted by Gasteiger charge is 2.17. The van der Waals surface area contributed by atoms with E-state index >= 15 is 0 Å². The molecule has 1 aliphatic rings. The van der Waals surface area contributed by atoms with Crippen LogP contribution in [0.5, 0.6) is 0 Å². The second-order valence-corrected chi connectivity index (χ2v) is 6.13. The lowest BCUT2D eigenvalue weighted by molar-refractivity contribution is -0.116. The van der Waals surface area contributed by atoms with Crippen molar-refractivity contribution in [2.75, 3.05) is 11.9 Å². The van der Waals surface area contributed by atoms with Crippen LogP contribution >= 0.6 is 11.3 Å². The van der Waals surface area contributed by atoms with E-state index in [4.69, 9.17) is 4.74 Å². The topological polar surface area (TPSA) is 51.2 Å². The summed E-state index contributed by atoms with van der Waals surface area (Å²) in [6.45, 7) is 0.801. The summed E-state index contributed by atoms with van der Waals surface area (Å²) in [5.74, 6) is -0.358. The summed E-state index contributed by atoms with van der Waals surface area (Å²) in [5.41, 5.74) is 1.37. The molecule has 3 rings (SSSR count). The van der Waals surface area contributed by atoms with Gasteiger partial charge in [-0.1, -0.05) is 12.1 Å². The van der Waals surface area contributed by atoms with Gasteiger partial charge in [-0.3, -0.25) is 4.79 Å². The largest absolute Gasteiger partial charge is 0.378 e. The monoisotopic (exact) mass is 320 g/mol. The van der Waals surface area contributed by atoms with Crippen molar-refractivity contribution in [3.8, 4) is 11.3 Å². The predicted molar refractivity (Wildman–Crippen MR) is 84.3 cm³/mol. The number of amides is 1. The average molecular weight is 320 g/mol. The van der Waals surface area contributed by atoms with Crippen LogP contribution in [-0.2, 0) is 9.53 Å². The van der Waals surface area contributed by atoms with E-state index in [9.17, 15) is 9.18 Å². The Hall–Kier alpha value is -1.79. The summed E-state index contributed by atoms with van der Waals surface area (Å²) in [5, 5.41) is 5.14. The van der Waals surface area contributed by atoms with Crippen molar-refractivity contribution in [1.29, 1.82) is 0 Å². The SMILES string of the molecule is O=C(CC[C@H]1CCCO1)Nc1nc(-c2cccc(F)c2)cs1. The van der Waals surface area contributed by atoms with E-state index < -0.39 is 0 Å². The molecule has 1 amide bonds. The summed E-state index contributed by atoms with van der Waals surface area (Å²) in [7, 11) is 0. The third-order valence-electron chi connectivity index (χ3n) is 3.59. The Bertz CT molecular complexity index is 653. The second-order valence-electron chi connectivity index (χ2n) is 5.27. The maximum atomic E-state index is 13.2. The molecule has 0 unspecified atom stereocenters. The molecule has 1 saturated heterocycles. The molecule has 1 fully saturated rings. The first kappa shape index (κ1) is 15.1. The zero-order valence-corrected chi connectivity index (χ0v) is 12.9. The Morgan fingerprint density at radius 3 is 3.18 bits per heavy atom. The minimum absolute atomic E-state index is 0.0596. The van der Waals surface area contributed by atoms with Crippen LogP contribution in [0.15, 0.2) is 29.6 Å². The summed E-state index contributed by atoms with van der Waals surface area (Å²) >= 11 is 1.34. The Morgan fingerprint density at radius 1 is 1.50 bits per heavy atom. The highest BCUT2D eigenvalue weighted by Crippen LogP contribution is 2.25. The third-order valence-corrected chi connectivity index (χ3v) is 4.35. The summed E-state index contributed by atoms with van der Waals surface area (Å²) in [6, 6.07) is 6.26. The molecule has 6 heteroatoms. The Kier molecular flexibility index (Phi) is 4.80. The molecule has 0 radical (unpaired) electrons. The summed E-state index contributed by atoms with van der Waals surface area (Å²) < 4.78 is 18.7. The molecule has 2 heterocycles. The first-order valence-corrected chi connectivity index (χ1v) is 8.21. The Balaban J connectivity index is 1.55. The van der Waals surface area contributed by atoms with Gasteiger partial charge in [-0.2, -0.15) is 0 Å². The normalized spacial score (nSPS) is 17.6. The van der Waals surface area contributed by atoms with Crippen LogP contribution in [0.2, 0.25) is 0 Å². The molecule has 22 heavy (non-hydrogen) atoms. The van der Waals surface area contributed by atoms with Gasteiger partial charge in [0.2, 0.25) is 5.91 Å². The molecule has 116 valence electrons. The average Bonchev–Trinajstić information content (AvgIpc) is 3.16. The van der Waals surface area contributed by atoms with Crippen molar-refractivity contribution >= 4 is 22.4 Å². The molecular weight excluding hydrogens is 303 g/mol. The number of carbonyl (C=O) groups is 1. The number of carbonyl (C=O) groups excluding carboxylic acids is 1. The lowest BCUT2D eigenvalue weighted by Gasteiger charge is -2.08. The highest BCUT2D eigenvalue weighted by molar-refractivity contribution is 7.14. The zero-order valence-electron chi connectivity index (χ0n) is 12.0. The fourth-order valence-electron chi connectivity index (χ4n) is 2.46. The predicted octanol–water partition coefficient (Wildman–Crippen LogP) is 3.85.